The van der Waals surface area contributed by atoms with Crippen LogP contribution in [0.25, 0.3) is 10.6 Å². The number of aryl methyl sites for hydroxylation is 1. The summed E-state index contributed by atoms with van der Waals surface area (Å²) in [6, 6.07) is 12.9. The second-order valence-electron chi connectivity index (χ2n) is 4.95. The predicted molar refractivity (Wildman–Crippen MR) is 91.5 cm³/mol. The summed E-state index contributed by atoms with van der Waals surface area (Å²) in [6.07, 6.45) is 2.99. The van der Waals surface area contributed by atoms with Crippen LogP contribution in [-0.2, 0) is 0 Å². The summed E-state index contributed by atoms with van der Waals surface area (Å²) >= 11 is 1.28. The van der Waals surface area contributed by atoms with Crippen LogP contribution in [0.1, 0.15) is 25.7 Å². The number of carbonyl (C=O) groups is 2. The van der Waals surface area contributed by atoms with Gasteiger partial charge >= 0.3 is 0 Å². The van der Waals surface area contributed by atoms with Gasteiger partial charge in [-0.2, -0.15) is 0 Å². The maximum atomic E-state index is 12.3. The van der Waals surface area contributed by atoms with Crippen LogP contribution in [0.4, 0.5) is 0 Å². The SMILES string of the molecule is Cc1nc(-c2ccccc2)sc1C(=O)NNC(=O)c1cccnc1. The number of carbonyl (C=O) groups excluding carboxylic acids is 2. The Bertz CT molecular complexity index is 863. The highest BCUT2D eigenvalue weighted by atomic mass is 32.1. The standard InChI is InChI=1S/C17H14N4O2S/c1-11-14(24-17(19-11)12-6-3-2-4-7-12)16(23)21-20-15(22)13-8-5-9-18-10-13/h2-10H,1H3,(H,20,22)(H,21,23). The first-order valence-corrected chi connectivity index (χ1v) is 8.00. The van der Waals surface area contributed by atoms with Gasteiger partial charge in [0.25, 0.3) is 11.8 Å². The number of benzene rings is 1. The van der Waals surface area contributed by atoms with E-state index in [0.29, 0.717) is 16.1 Å². The number of nitrogens with zero attached hydrogens (tertiary/aromatic N) is 2. The lowest BCUT2D eigenvalue weighted by molar-refractivity contribution is 0.0848. The van der Waals surface area contributed by atoms with Crippen molar-refractivity contribution >= 4 is 23.2 Å². The average molecular weight is 338 g/mol. The normalized spacial score (nSPS) is 10.2. The van der Waals surface area contributed by atoms with E-state index in [-0.39, 0.29) is 0 Å². The molecule has 24 heavy (non-hydrogen) atoms. The highest BCUT2D eigenvalue weighted by Crippen LogP contribution is 2.27. The van der Waals surface area contributed by atoms with Gasteiger partial charge < -0.3 is 0 Å². The van der Waals surface area contributed by atoms with Crippen molar-refractivity contribution in [3.8, 4) is 10.6 Å². The molecule has 0 saturated heterocycles. The molecule has 0 aliphatic heterocycles. The molecule has 0 unspecified atom stereocenters. The number of hydrogen-bond donors (Lipinski definition) is 2. The molecule has 0 aliphatic rings. The first kappa shape index (κ1) is 15.8. The Kier molecular flexibility index (Phi) is 4.62. The van der Waals surface area contributed by atoms with Crippen LogP contribution in [0.5, 0.6) is 0 Å². The van der Waals surface area contributed by atoms with E-state index in [1.807, 2.05) is 30.3 Å². The van der Waals surface area contributed by atoms with E-state index in [1.54, 1.807) is 25.3 Å². The number of thiazole rings is 1. The molecule has 2 heterocycles. The molecule has 0 atom stereocenters. The van der Waals surface area contributed by atoms with Gasteiger partial charge in [0.2, 0.25) is 0 Å². The Balaban J connectivity index is 1.70. The minimum atomic E-state index is -0.429. The second-order valence-corrected chi connectivity index (χ2v) is 5.95. The van der Waals surface area contributed by atoms with Crippen molar-refractivity contribution < 1.29 is 9.59 Å². The third-order valence-corrected chi connectivity index (χ3v) is 4.44. The van der Waals surface area contributed by atoms with Gasteiger partial charge in [-0.05, 0) is 19.1 Å². The molecule has 0 fully saturated rings. The van der Waals surface area contributed by atoms with E-state index in [4.69, 9.17) is 0 Å². The van der Waals surface area contributed by atoms with Crippen LogP contribution in [0.15, 0.2) is 54.9 Å². The lowest BCUT2D eigenvalue weighted by Crippen LogP contribution is -2.41. The van der Waals surface area contributed by atoms with Gasteiger partial charge in [-0.25, -0.2) is 4.98 Å². The van der Waals surface area contributed by atoms with Crippen molar-refractivity contribution in [2.24, 2.45) is 0 Å². The predicted octanol–water partition coefficient (Wildman–Crippen LogP) is 2.59. The molecular weight excluding hydrogens is 324 g/mol. The van der Waals surface area contributed by atoms with Crippen molar-refractivity contribution in [2.45, 2.75) is 6.92 Å². The van der Waals surface area contributed by atoms with Crippen molar-refractivity contribution in [1.29, 1.82) is 0 Å². The lowest BCUT2D eigenvalue weighted by Gasteiger charge is -2.06. The maximum Gasteiger partial charge on any atom is 0.281 e. The molecule has 3 aromatic rings. The number of nitrogens with one attached hydrogen (secondary N) is 2. The number of amides is 2. The number of aromatic nitrogens is 2. The quantitative estimate of drug-likeness (QED) is 0.719. The van der Waals surface area contributed by atoms with Gasteiger partial charge in [0, 0.05) is 18.0 Å². The minimum Gasteiger partial charge on any atom is -0.267 e. The van der Waals surface area contributed by atoms with Crippen LogP contribution >= 0.6 is 11.3 Å². The fourth-order valence-corrected chi connectivity index (χ4v) is 3.02. The van der Waals surface area contributed by atoms with E-state index < -0.39 is 11.8 Å². The largest absolute Gasteiger partial charge is 0.281 e. The third kappa shape index (κ3) is 3.47. The highest BCUT2D eigenvalue weighted by molar-refractivity contribution is 7.17. The number of rotatable bonds is 3. The maximum absolute atomic E-state index is 12.3. The molecule has 2 aromatic heterocycles. The molecule has 120 valence electrons. The first-order chi connectivity index (χ1) is 11.6. The number of hydrazine groups is 1. The lowest BCUT2D eigenvalue weighted by atomic mass is 10.2. The van der Waals surface area contributed by atoms with Crippen molar-refractivity contribution in [3.63, 3.8) is 0 Å². The molecule has 0 aliphatic carbocycles. The number of hydrogen-bond acceptors (Lipinski definition) is 5. The van der Waals surface area contributed by atoms with E-state index in [0.717, 1.165) is 10.6 Å². The summed E-state index contributed by atoms with van der Waals surface area (Å²) in [5, 5.41) is 0.761. The van der Waals surface area contributed by atoms with Crippen LogP contribution in [0.3, 0.4) is 0 Å². The highest BCUT2D eigenvalue weighted by Gasteiger charge is 2.17. The first-order valence-electron chi connectivity index (χ1n) is 7.18. The van der Waals surface area contributed by atoms with Gasteiger partial charge in [0.05, 0.1) is 11.3 Å². The van der Waals surface area contributed by atoms with Gasteiger partial charge in [0.15, 0.2) is 0 Å². The molecule has 0 saturated carbocycles. The molecule has 0 bridgehead atoms. The monoisotopic (exact) mass is 338 g/mol. The van der Waals surface area contributed by atoms with E-state index in [1.165, 1.54) is 17.5 Å². The zero-order valence-corrected chi connectivity index (χ0v) is 13.6. The third-order valence-electron chi connectivity index (χ3n) is 3.24. The Morgan fingerprint density at radius 2 is 1.75 bits per heavy atom. The van der Waals surface area contributed by atoms with Crippen LogP contribution in [0, 0.1) is 6.92 Å². The summed E-state index contributed by atoms with van der Waals surface area (Å²) in [5.74, 6) is -0.827. The molecule has 6 nitrogen and oxygen atoms in total. The number of pyridine rings is 1. The van der Waals surface area contributed by atoms with Gasteiger partial charge in [0.1, 0.15) is 9.88 Å². The van der Waals surface area contributed by atoms with Crippen molar-refractivity contribution in [2.75, 3.05) is 0 Å². The second kappa shape index (κ2) is 7.01. The summed E-state index contributed by atoms with van der Waals surface area (Å²) < 4.78 is 0. The van der Waals surface area contributed by atoms with E-state index in [9.17, 15) is 9.59 Å². The molecular formula is C17H14N4O2S. The van der Waals surface area contributed by atoms with Crippen LogP contribution in [0.2, 0.25) is 0 Å². The summed E-state index contributed by atoms with van der Waals surface area (Å²) in [7, 11) is 0. The molecule has 2 amide bonds. The van der Waals surface area contributed by atoms with Gasteiger partial charge in [-0.15, -0.1) is 11.3 Å². The van der Waals surface area contributed by atoms with Crippen molar-refractivity contribution in [3.05, 3.63) is 71.0 Å². The van der Waals surface area contributed by atoms with Gasteiger partial charge in [-0.1, -0.05) is 30.3 Å². The molecule has 0 spiro atoms. The summed E-state index contributed by atoms with van der Waals surface area (Å²) in [6.45, 7) is 1.76. The molecule has 1 aromatic carbocycles. The zero-order valence-electron chi connectivity index (χ0n) is 12.8. The van der Waals surface area contributed by atoms with Crippen LogP contribution < -0.4 is 10.9 Å². The Morgan fingerprint density at radius 3 is 2.46 bits per heavy atom. The topological polar surface area (TPSA) is 84.0 Å². The van der Waals surface area contributed by atoms with Gasteiger partial charge in [-0.3, -0.25) is 25.4 Å². The fourth-order valence-electron chi connectivity index (χ4n) is 2.05. The minimum absolute atomic E-state index is 0.365. The zero-order chi connectivity index (χ0) is 16.9. The Labute approximate surface area is 142 Å². The van der Waals surface area contributed by atoms with E-state index in [2.05, 4.69) is 20.8 Å². The van der Waals surface area contributed by atoms with Crippen molar-refractivity contribution in [1.82, 2.24) is 20.8 Å². The summed E-state index contributed by atoms with van der Waals surface area (Å²) in [5.41, 5.74) is 6.71. The van der Waals surface area contributed by atoms with E-state index >= 15 is 0 Å². The fraction of sp³-hybridized carbons (Fsp3) is 0.0588. The average Bonchev–Trinajstić information content (AvgIpc) is 3.03. The molecule has 0 radical (unpaired) electrons. The Hall–Kier alpha value is -3.06. The molecule has 7 heteroatoms. The smallest absolute Gasteiger partial charge is 0.267 e. The Morgan fingerprint density at radius 1 is 1.00 bits per heavy atom. The summed E-state index contributed by atoms with van der Waals surface area (Å²) in [4.78, 5) is 32.9. The molecule has 3 rings (SSSR count). The molecule has 2 N–H and O–H groups in total. The van der Waals surface area contributed by atoms with Crippen LogP contribution in [-0.4, -0.2) is 21.8 Å².